The van der Waals surface area contributed by atoms with Gasteiger partial charge in [0.05, 0.1) is 5.69 Å². The maximum absolute atomic E-state index is 13.6. The summed E-state index contributed by atoms with van der Waals surface area (Å²) in [7, 11) is 0. The SMILES string of the molecule is O=C(COc1ccccc1F)Nc1cccc(OCc2cc(=O)n3ccccc3n2)c1. The van der Waals surface area contributed by atoms with E-state index in [1.165, 1.54) is 28.7 Å². The van der Waals surface area contributed by atoms with Crippen molar-refractivity contribution in [2.75, 3.05) is 11.9 Å². The molecule has 0 saturated carbocycles. The van der Waals surface area contributed by atoms with Gasteiger partial charge in [0.15, 0.2) is 18.2 Å². The third-order valence-electron chi connectivity index (χ3n) is 4.32. The van der Waals surface area contributed by atoms with E-state index in [4.69, 9.17) is 9.47 Å². The molecule has 8 heteroatoms. The summed E-state index contributed by atoms with van der Waals surface area (Å²) in [5.41, 5.74) is 1.32. The van der Waals surface area contributed by atoms with Gasteiger partial charge in [-0.05, 0) is 36.4 Å². The zero-order valence-corrected chi connectivity index (χ0v) is 16.3. The Morgan fingerprint density at radius 1 is 1.00 bits per heavy atom. The summed E-state index contributed by atoms with van der Waals surface area (Å²) in [6.45, 7) is -0.245. The lowest BCUT2D eigenvalue weighted by atomic mass is 10.3. The number of anilines is 1. The molecule has 0 aliphatic rings. The molecule has 1 N–H and O–H groups in total. The van der Waals surface area contributed by atoms with Gasteiger partial charge in [0.1, 0.15) is 18.0 Å². The molecule has 31 heavy (non-hydrogen) atoms. The minimum atomic E-state index is -0.535. The molecule has 0 unspecified atom stereocenters. The molecule has 4 rings (SSSR count). The van der Waals surface area contributed by atoms with Gasteiger partial charge in [-0.1, -0.05) is 24.3 Å². The molecule has 0 spiro atoms. The number of para-hydroxylation sites is 1. The quantitative estimate of drug-likeness (QED) is 0.496. The number of rotatable bonds is 7. The number of nitrogens with zero attached hydrogens (tertiary/aromatic N) is 2. The first-order valence-electron chi connectivity index (χ1n) is 9.46. The Morgan fingerprint density at radius 2 is 1.84 bits per heavy atom. The first-order valence-corrected chi connectivity index (χ1v) is 9.46. The van der Waals surface area contributed by atoms with Crippen LogP contribution < -0.4 is 20.3 Å². The first-order chi connectivity index (χ1) is 15.1. The zero-order valence-electron chi connectivity index (χ0n) is 16.3. The fourth-order valence-corrected chi connectivity index (χ4v) is 2.90. The normalized spacial score (nSPS) is 10.6. The molecule has 7 nitrogen and oxygen atoms in total. The number of carbonyl (C=O) groups is 1. The number of carbonyl (C=O) groups excluding carboxylic acids is 1. The van der Waals surface area contributed by atoms with Gasteiger partial charge >= 0.3 is 0 Å². The Bertz CT molecular complexity index is 1290. The second kappa shape index (κ2) is 9.08. The lowest BCUT2D eigenvalue weighted by Gasteiger charge is -2.10. The smallest absolute Gasteiger partial charge is 0.262 e. The summed E-state index contributed by atoms with van der Waals surface area (Å²) >= 11 is 0. The van der Waals surface area contributed by atoms with Gasteiger partial charge in [0.2, 0.25) is 0 Å². The standard InChI is InChI=1S/C23H18FN3O4/c24-19-8-1-2-9-20(19)31-15-22(28)26-16-6-5-7-18(12-16)30-14-17-13-23(29)27-11-4-3-10-21(27)25-17/h1-13H,14-15H2,(H,26,28). The summed E-state index contributed by atoms with van der Waals surface area (Å²) in [4.78, 5) is 28.7. The number of hydrogen-bond acceptors (Lipinski definition) is 5. The topological polar surface area (TPSA) is 81.9 Å². The summed E-state index contributed by atoms with van der Waals surface area (Å²) in [5.74, 6) is -0.478. The third-order valence-corrected chi connectivity index (χ3v) is 4.32. The summed E-state index contributed by atoms with van der Waals surface area (Å²) in [6.07, 6.45) is 1.65. The maximum atomic E-state index is 13.6. The van der Waals surface area contributed by atoms with E-state index >= 15 is 0 Å². The minimum Gasteiger partial charge on any atom is -0.487 e. The Kier molecular flexibility index (Phi) is 5.89. The molecule has 1 amide bonds. The van der Waals surface area contributed by atoms with Crippen molar-refractivity contribution in [3.8, 4) is 11.5 Å². The molecule has 0 bridgehead atoms. The number of pyridine rings is 1. The second-order valence-corrected chi connectivity index (χ2v) is 6.60. The van der Waals surface area contributed by atoms with Crippen LogP contribution in [0.3, 0.4) is 0 Å². The number of fused-ring (bicyclic) bond motifs is 1. The van der Waals surface area contributed by atoms with E-state index in [0.29, 0.717) is 22.8 Å². The maximum Gasteiger partial charge on any atom is 0.262 e. The molecule has 0 fully saturated rings. The summed E-state index contributed by atoms with van der Waals surface area (Å²) < 4.78 is 25.9. The van der Waals surface area contributed by atoms with E-state index in [-0.39, 0.29) is 24.5 Å². The number of benzene rings is 2. The van der Waals surface area contributed by atoms with Crippen molar-refractivity contribution >= 4 is 17.2 Å². The van der Waals surface area contributed by atoms with Crippen LogP contribution in [0.4, 0.5) is 10.1 Å². The van der Waals surface area contributed by atoms with Crippen LogP contribution in [0, 0.1) is 5.82 Å². The van der Waals surface area contributed by atoms with Crippen molar-refractivity contribution in [2.45, 2.75) is 6.61 Å². The fourth-order valence-electron chi connectivity index (χ4n) is 2.90. The molecule has 0 aliphatic carbocycles. The van der Waals surface area contributed by atoms with E-state index in [0.717, 1.165) is 0 Å². The van der Waals surface area contributed by atoms with Gasteiger partial charge in [-0.3, -0.25) is 14.0 Å². The number of halogens is 1. The van der Waals surface area contributed by atoms with Gasteiger partial charge < -0.3 is 14.8 Å². The van der Waals surface area contributed by atoms with E-state index in [2.05, 4.69) is 10.3 Å². The highest BCUT2D eigenvalue weighted by Gasteiger charge is 2.08. The monoisotopic (exact) mass is 419 g/mol. The molecular formula is C23H18FN3O4. The molecule has 2 heterocycles. The molecule has 0 saturated heterocycles. The largest absolute Gasteiger partial charge is 0.487 e. The highest BCUT2D eigenvalue weighted by Crippen LogP contribution is 2.19. The third kappa shape index (κ3) is 5.05. The predicted octanol–water partition coefficient (Wildman–Crippen LogP) is 3.43. The number of hydrogen-bond donors (Lipinski definition) is 1. The fraction of sp³-hybridized carbons (Fsp3) is 0.0870. The Morgan fingerprint density at radius 3 is 2.71 bits per heavy atom. The van der Waals surface area contributed by atoms with E-state index < -0.39 is 11.7 Å². The van der Waals surface area contributed by atoms with Gasteiger partial charge in [0, 0.05) is 24.0 Å². The molecule has 2 aromatic heterocycles. The Labute approximate surface area is 176 Å². The van der Waals surface area contributed by atoms with Gasteiger partial charge in [0.25, 0.3) is 11.5 Å². The van der Waals surface area contributed by atoms with E-state index in [9.17, 15) is 14.0 Å². The number of aromatic nitrogens is 2. The van der Waals surface area contributed by atoms with Crippen LogP contribution in [0.25, 0.3) is 5.65 Å². The average molecular weight is 419 g/mol. The first kappa shape index (κ1) is 20.1. The van der Waals surface area contributed by atoms with E-state index in [1.807, 2.05) is 0 Å². The second-order valence-electron chi connectivity index (χ2n) is 6.60. The number of amides is 1. The van der Waals surface area contributed by atoms with Crippen molar-refractivity contribution < 1.29 is 18.7 Å². The Hall–Kier alpha value is -4.20. The van der Waals surface area contributed by atoms with Crippen molar-refractivity contribution in [3.63, 3.8) is 0 Å². The number of ether oxygens (including phenoxy) is 2. The van der Waals surface area contributed by atoms with Crippen LogP contribution in [0.5, 0.6) is 11.5 Å². The van der Waals surface area contributed by atoms with Crippen molar-refractivity contribution in [1.29, 1.82) is 0 Å². The predicted molar refractivity (Wildman–Crippen MR) is 113 cm³/mol. The van der Waals surface area contributed by atoms with Crippen molar-refractivity contribution in [2.24, 2.45) is 0 Å². The average Bonchev–Trinajstić information content (AvgIpc) is 2.77. The molecular weight excluding hydrogens is 401 g/mol. The van der Waals surface area contributed by atoms with Crippen molar-refractivity contribution in [3.05, 3.63) is 101 Å². The van der Waals surface area contributed by atoms with Crippen LogP contribution in [-0.4, -0.2) is 21.9 Å². The summed E-state index contributed by atoms with van der Waals surface area (Å²) in [6, 6.07) is 19.3. The molecule has 0 atom stereocenters. The van der Waals surface area contributed by atoms with Crippen LogP contribution in [-0.2, 0) is 11.4 Å². The minimum absolute atomic E-state index is 0.00789. The highest BCUT2D eigenvalue weighted by molar-refractivity contribution is 5.92. The van der Waals surface area contributed by atoms with Crippen LogP contribution in [0.15, 0.2) is 83.8 Å². The van der Waals surface area contributed by atoms with Crippen LogP contribution in [0.2, 0.25) is 0 Å². The van der Waals surface area contributed by atoms with Crippen molar-refractivity contribution in [1.82, 2.24) is 9.38 Å². The lowest BCUT2D eigenvalue weighted by Crippen LogP contribution is -2.20. The molecule has 4 aromatic rings. The molecule has 156 valence electrons. The lowest BCUT2D eigenvalue weighted by molar-refractivity contribution is -0.118. The molecule has 2 aromatic carbocycles. The van der Waals surface area contributed by atoms with Gasteiger partial charge in [-0.15, -0.1) is 0 Å². The van der Waals surface area contributed by atoms with Crippen LogP contribution >= 0.6 is 0 Å². The van der Waals surface area contributed by atoms with E-state index in [1.54, 1.807) is 54.7 Å². The molecule has 0 radical (unpaired) electrons. The van der Waals surface area contributed by atoms with Crippen LogP contribution in [0.1, 0.15) is 5.69 Å². The zero-order chi connectivity index (χ0) is 21.6. The van der Waals surface area contributed by atoms with Gasteiger partial charge in [-0.2, -0.15) is 0 Å². The van der Waals surface area contributed by atoms with Gasteiger partial charge in [-0.25, -0.2) is 9.37 Å². The summed E-state index contributed by atoms with van der Waals surface area (Å²) in [5, 5.41) is 2.67. The molecule has 0 aliphatic heterocycles. The highest BCUT2D eigenvalue weighted by atomic mass is 19.1. The Balaban J connectivity index is 1.36. The number of nitrogens with one attached hydrogen (secondary N) is 1.